The van der Waals surface area contributed by atoms with E-state index in [0.717, 1.165) is 4.90 Å². The molecule has 126 valence electrons. The molecule has 1 atom stereocenters. The number of hydrogen-bond donors (Lipinski definition) is 1. The molecule has 1 aliphatic heterocycles. The topological polar surface area (TPSA) is 66.8 Å². The highest BCUT2D eigenvalue weighted by atomic mass is 19.4. The molecule has 5 nitrogen and oxygen atoms in total. The molecule has 0 saturated carbocycles. The van der Waals surface area contributed by atoms with Gasteiger partial charge in [-0.05, 0) is 18.4 Å². The minimum Gasteiger partial charge on any atom is -0.481 e. The third kappa shape index (κ3) is 3.57. The standard InChI is InChI=1S/C15H16F3NO4/c16-15(17,18)14(12(20)21)7-4-8-19(10-14)13(22)23-9-11-5-2-1-3-6-11/h1-3,5-6H,4,7-10H2,(H,20,21). The summed E-state index contributed by atoms with van der Waals surface area (Å²) in [6, 6.07) is 8.67. The van der Waals surface area contributed by atoms with E-state index < -0.39 is 36.6 Å². The quantitative estimate of drug-likeness (QED) is 0.924. The zero-order valence-corrected chi connectivity index (χ0v) is 12.2. The van der Waals surface area contributed by atoms with Crippen molar-refractivity contribution in [1.82, 2.24) is 4.90 Å². The number of piperidine rings is 1. The van der Waals surface area contributed by atoms with Gasteiger partial charge in [0.25, 0.3) is 0 Å². The molecule has 23 heavy (non-hydrogen) atoms. The number of ether oxygens (including phenoxy) is 1. The fourth-order valence-electron chi connectivity index (χ4n) is 2.55. The maximum absolute atomic E-state index is 13.2. The number of carboxylic acid groups (broad SMARTS) is 1. The van der Waals surface area contributed by atoms with Crippen molar-refractivity contribution in [1.29, 1.82) is 0 Å². The van der Waals surface area contributed by atoms with Gasteiger partial charge in [0.15, 0.2) is 5.41 Å². The fraction of sp³-hybridized carbons (Fsp3) is 0.467. The van der Waals surface area contributed by atoms with E-state index in [1.54, 1.807) is 30.3 Å². The number of benzene rings is 1. The molecule has 1 unspecified atom stereocenters. The number of likely N-dealkylation sites (tertiary alicyclic amines) is 1. The summed E-state index contributed by atoms with van der Waals surface area (Å²) in [5.74, 6) is -1.97. The summed E-state index contributed by atoms with van der Waals surface area (Å²) in [6.07, 6.45) is -6.47. The second kappa shape index (κ2) is 6.47. The Morgan fingerprint density at radius 1 is 1.26 bits per heavy atom. The predicted octanol–water partition coefficient (Wildman–Crippen LogP) is 3.05. The van der Waals surface area contributed by atoms with E-state index in [1.807, 2.05) is 0 Å². The molecule has 1 aromatic rings. The lowest BCUT2D eigenvalue weighted by molar-refractivity contribution is -0.241. The summed E-state index contributed by atoms with van der Waals surface area (Å²) in [6.45, 7) is -0.972. The number of carbonyl (C=O) groups excluding carboxylic acids is 1. The molecular weight excluding hydrogens is 315 g/mol. The number of nitrogens with zero attached hydrogens (tertiary/aromatic N) is 1. The summed E-state index contributed by atoms with van der Waals surface area (Å²) in [5.41, 5.74) is -2.24. The molecule has 1 fully saturated rings. The van der Waals surface area contributed by atoms with Crippen LogP contribution in [0.1, 0.15) is 18.4 Å². The lowest BCUT2D eigenvalue weighted by Gasteiger charge is -2.40. The first-order valence-corrected chi connectivity index (χ1v) is 7.02. The van der Waals surface area contributed by atoms with Gasteiger partial charge < -0.3 is 14.7 Å². The largest absolute Gasteiger partial charge is 0.481 e. The molecule has 1 saturated heterocycles. The van der Waals surface area contributed by atoms with E-state index in [9.17, 15) is 22.8 Å². The van der Waals surface area contributed by atoms with Crippen LogP contribution in [0, 0.1) is 5.41 Å². The van der Waals surface area contributed by atoms with Gasteiger partial charge in [-0.1, -0.05) is 30.3 Å². The maximum Gasteiger partial charge on any atom is 0.410 e. The number of carboxylic acids is 1. The maximum atomic E-state index is 13.2. The van der Waals surface area contributed by atoms with Crippen LogP contribution >= 0.6 is 0 Å². The Balaban J connectivity index is 2.05. The predicted molar refractivity (Wildman–Crippen MR) is 73.6 cm³/mol. The van der Waals surface area contributed by atoms with Crippen molar-refractivity contribution in [3.63, 3.8) is 0 Å². The number of hydrogen-bond acceptors (Lipinski definition) is 3. The lowest BCUT2D eigenvalue weighted by atomic mass is 9.79. The second-order valence-corrected chi connectivity index (χ2v) is 5.45. The van der Waals surface area contributed by atoms with Crippen molar-refractivity contribution in [2.75, 3.05) is 13.1 Å². The summed E-state index contributed by atoms with van der Waals surface area (Å²) < 4.78 is 44.5. The number of halogens is 3. The van der Waals surface area contributed by atoms with Crippen molar-refractivity contribution in [3.05, 3.63) is 35.9 Å². The highest BCUT2D eigenvalue weighted by Gasteiger charge is 2.62. The Morgan fingerprint density at radius 3 is 2.48 bits per heavy atom. The first-order chi connectivity index (χ1) is 10.8. The molecular formula is C15H16F3NO4. The number of aliphatic carboxylic acids is 1. The van der Waals surface area contributed by atoms with E-state index in [2.05, 4.69) is 0 Å². The Kier molecular flexibility index (Phi) is 4.82. The minimum absolute atomic E-state index is 0.0404. The average molecular weight is 331 g/mol. The van der Waals surface area contributed by atoms with E-state index >= 15 is 0 Å². The molecule has 0 radical (unpaired) electrons. The van der Waals surface area contributed by atoms with Crippen molar-refractivity contribution in [3.8, 4) is 0 Å². The zero-order chi connectivity index (χ0) is 17.1. The van der Waals surface area contributed by atoms with Crippen LogP contribution in [-0.2, 0) is 16.1 Å². The number of amides is 1. The van der Waals surface area contributed by atoms with E-state index in [0.29, 0.717) is 5.56 Å². The Bertz CT molecular complexity index is 576. The van der Waals surface area contributed by atoms with Gasteiger partial charge in [-0.2, -0.15) is 13.2 Å². The second-order valence-electron chi connectivity index (χ2n) is 5.45. The molecule has 0 aliphatic carbocycles. The number of alkyl halides is 3. The SMILES string of the molecule is O=C(OCc1ccccc1)N1CCCC(C(=O)O)(C(F)(F)F)C1. The monoisotopic (exact) mass is 331 g/mol. The van der Waals surface area contributed by atoms with E-state index in [1.165, 1.54) is 0 Å². The highest BCUT2D eigenvalue weighted by molar-refractivity contribution is 5.78. The highest BCUT2D eigenvalue weighted by Crippen LogP contribution is 2.45. The van der Waals surface area contributed by atoms with Crippen molar-refractivity contribution in [2.45, 2.75) is 25.6 Å². The summed E-state index contributed by atoms with van der Waals surface area (Å²) in [4.78, 5) is 23.9. The molecule has 8 heteroatoms. The van der Waals surface area contributed by atoms with Crippen LogP contribution in [0.2, 0.25) is 0 Å². The molecule has 0 bridgehead atoms. The van der Waals surface area contributed by atoms with Crippen LogP contribution in [-0.4, -0.2) is 41.3 Å². The third-order valence-corrected chi connectivity index (χ3v) is 3.91. The molecule has 2 rings (SSSR count). The molecule has 1 aliphatic rings. The van der Waals surface area contributed by atoms with Crippen LogP contribution in [0.3, 0.4) is 0 Å². The van der Waals surface area contributed by atoms with Crippen molar-refractivity contribution < 1.29 is 32.6 Å². The Hall–Kier alpha value is -2.25. The van der Waals surface area contributed by atoms with Crippen LogP contribution in [0.15, 0.2) is 30.3 Å². The molecule has 1 amide bonds. The summed E-state index contributed by atoms with van der Waals surface area (Å²) in [5, 5.41) is 9.03. The molecule has 0 spiro atoms. The van der Waals surface area contributed by atoms with Gasteiger partial charge in [0.05, 0.1) is 0 Å². The Morgan fingerprint density at radius 2 is 1.91 bits per heavy atom. The van der Waals surface area contributed by atoms with Gasteiger partial charge in [-0.25, -0.2) is 4.79 Å². The molecule has 1 aromatic carbocycles. The van der Waals surface area contributed by atoms with Gasteiger partial charge >= 0.3 is 18.2 Å². The van der Waals surface area contributed by atoms with Gasteiger partial charge in [0.2, 0.25) is 0 Å². The number of carbonyl (C=O) groups is 2. The summed E-state index contributed by atoms with van der Waals surface area (Å²) in [7, 11) is 0. The summed E-state index contributed by atoms with van der Waals surface area (Å²) >= 11 is 0. The third-order valence-electron chi connectivity index (χ3n) is 3.91. The first kappa shape index (κ1) is 17.1. The Labute approximate surface area is 130 Å². The van der Waals surface area contributed by atoms with Crippen LogP contribution in [0.5, 0.6) is 0 Å². The van der Waals surface area contributed by atoms with E-state index in [4.69, 9.17) is 9.84 Å². The first-order valence-electron chi connectivity index (χ1n) is 7.02. The molecule has 1 heterocycles. The normalized spacial score (nSPS) is 21.8. The van der Waals surface area contributed by atoms with Crippen molar-refractivity contribution in [2.24, 2.45) is 5.41 Å². The number of rotatable bonds is 3. The van der Waals surface area contributed by atoms with Gasteiger partial charge in [0, 0.05) is 13.1 Å². The fourth-order valence-corrected chi connectivity index (χ4v) is 2.55. The molecule has 1 N–H and O–H groups in total. The van der Waals surface area contributed by atoms with Crippen LogP contribution in [0.4, 0.5) is 18.0 Å². The molecule has 0 aromatic heterocycles. The smallest absolute Gasteiger partial charge is 0.410 e. The van der Waals surface area contributed by atoms with Gasteiger partial charge in [-0.15, -0.1) is 0 Å². The zero-order valence-electron chi connectivity index (χ0n) is 12.2. The minimum atomic E-state index is -4.93. The van der Waals surface area contributed by atoms with Gasteiger partial charge in [-0.3, -0.25) is 4.79 Å². The lowest BCUT2D eigenvalue weighted by Crippen LogP contribution is -2.57. The van der Waals surface area contributed by atoms with Gasteiger partial charge in [0.1, 0.15) is 6.61 Å². The van der Waals surface area contributed by atoms with Crippen molar-refractivity contribution >= 4 is 12.1 Å². The van der Waals surface area contributed by atoms with E-state index in [-0.39, 0.29) is 19.6 Å². The van der Waals surface area contributed by atoms with Crippen LogP contribution in [0.25, 0.3) is 0 Å². The van der Waals surface area contributed by atoms with Crippen LogP contribution < -0.4 is 0 Å². The average Bonchev–Trinajstić information content (AvgIpc) is 2.52.